The van der Waals surface area contributed by atoms with E-state index in [0.29, 0.717) is 39.8 Å². The number of carbonyl (C=O) groups is 1. The summed E-state index contributed by atoms with van der Waals surface area (Å²) in [6.07, 6.45) is 4.67. The Labute approximate surface area is 224 Å². The molecule has 190 valence electrons. The van der Waals surface area contributed by atoms with Crippen molar-refractivity contribution in [3.8, 4) is 17.7 Å². The van der Waals surface area contributed by atoms with Gasteiger partial charge in [0.05, 0.1) is 11.3 Å². The summed E-state index contributed by atoms with van der Waals surface area (Å²) in [7, 11) is 0. The van der Waals surface area contributed by atoms with Crippen LogP contribution in [0.2, 0.25) is 0 Å². The number of nitriles is 1. The molecule has 0 saturated heterocycles. The number of para-hydroxylation sites is 1. The third kappa shape index (κ3) is 5.09. The molecule has 0 saturated carbocycles. The van der Waals surface area contributed by atoms with Crippen LogP contribution < -0.4 is 5.32 Å². The van der Waals surface area contributed by atoms with E-state index in [1.807, 2.05) is 34.9 Å². The maximum Gasteiger partial charge on any atom is 0.235 e. The number of benzene rings is 1. The van der Waals surface area contributed by atoms with Crippen LogP contribution in [0.25, 0.3) is 22.6 Å². The molecule has 3 heterocycles. The number of anilines is 1. The number of thioether (sulfide) groups is 1. The summed E-state index contributed by atoms with van der Waals surface area (Å²) in [5.41, 5.74) is 2.72. The predicted octanol–water partition coefficient (Wildman–Crippen LogP) is 6.69. The maximum absolute atomic E-state index is 12.9. The van der Waals surface area contributed by atoms with Crippen molar-refractivity contribution >= 4 is 45.0 Å². The van der Waals surface area contributed by atoms with Crippen molar-refractivity contribution in [3.05, 3.63) is 59.0 Å². The normalized spacial score (nSPS) is 15.4. The van der Waals surface area contributed by atoms with Crippen molar-refractivity contribution in [2.45, 2.75) is 51.7 Å². The third-order valence-corrected chi connectivity index (χ3v) is 9.00. The molecule has 9 heteroatoms. The second kappa shape index (κ2) is 10.2. The fourth-order valence-electron chi connectivity index (χ4n) is 4.79. The van der Waals surface area contributed by atoms with Gasteiger partial charge in [0, 0.05) is 16.8 Å². The van der Waals surface area contributed by atoms with E-state index in [1.165, 1.54) is 16.6 Å². The monoisotopic (exact) mass is 531 g/mol. The van der Waals surface area contributed by atoms with Crippen molar-refractivity contribution in [1.82, 2.24) is 14.8 Å². The molecule has 0 fully saturated rings. The number of aromatic nitrogens is 3. The largest absolute Gasteiger partial charge is 0.453 e. The van der Waals surface area contributed by atoms with E-state index in [-0.39, 0.29) is 17.1 Å². The van der Waals surface area contributed by atoms with Gasteiger partial charge in [-0.1, -0.05) is 56.8 Å². The Morgan fingerprint density at radius 3 is 2.92 bits per heavy atom. The van der Waals surface area contributed by atoms with Crippen molar-refractivity contribution < 1.29 is 9.21 Å². The van der Waals surface area contributed by atoms with E-state index in [9.17, 15) is 10.1 Å². The first-order chi connectivity index (χ1) is 17.8. The second-order valence-electron chi connectivity index (χ2n) is 10.3. The molecule has 4 aromatic rings. The summed E-state index contributed by atoms with van der Waals surface area (Å²) in [5.74, 6) is 1.74. The second-order valence-corrected chi connectivity index (χ2v) is 12.4. The lowest BCUT2D eigenvalue weighted by Crippen LogP contribution is -2.26. The molecule has 5 rings (SSSR count). The lowest BCUT2D eigenvalue weighted by molar-refractivity contribution is -0.113. The van der Waals surface area contributed by atoms with Crippen molar-refractivity contribution in [3.63, 3.8) is 0 Å². The van der Waals surface area contributed by atoms with Gasteiger partial charge in [0.2, 0.25) is 11.7 Å². The molecule has 1 amide bonds. The number of hydrogen-bond donors (Lipinski definition) is 1. The van der Waals surface area contributed by atoms with Crippen LogP contribution in [0.3, 0.4) is 0 Å². The third-order valence-electron chi connectivity index (χ3n) is 6.86. The molecule has 7 nitrogen and oxygen atoms in total. The van der Waals surface area contributed by atoms with Crippen LogP contribution >= 0.6 is 23.1 Å². The predicted molar refractivity (Wildman–Crippen MR) is 149 cm³/mol. The van der Waals surface area contributed by atoms with Gasteiger partial charge in [0.1, 0.15) is 16.7 Å². The summed E-state index contributed by atoms with van der Waals surface area (Å²) in [5, 5.41) is 23.7. The Kier molecular flexibility index (Phi) is 6.97. The molecule has 1 aliphatic carbocycles. The minimum atomic E-state index is -0.175. The fourth-order valence-corrected chi connectivity index (χ4v) is 6.83. The minimum Gasteiger partial charge on any atom is -0.453 e. The standard InChI is InChI=1S/C28H29N5O2S2/c1-5-12-33-25(22-13-17-8-6-7-9-21(17)35-22)31-32-27(33)36-16-24(34)30-26-20(15-29)19-11-10-18(28(2,3)4)14-23(19)37-26/h5-9,13,18H,1,10-12,14,16H2,2-4H3,(H,30,34)/t18-/m0/s1. The van der Waals surface area contributed by atoms with Gasteiger partial charge >= 0.3 is 0 Å². The number of allylic oxidation sites excluding steroid dienone is 1. The summed E-state index contributed by atoms with van der Waals surface area (Å²) >= 11 is 2.85. The zero-order chi connectivity index (χ0) is 26.2. The van der Waals surface area contributed by atoms with Crippen LogP contribution in [0.4, 0.5) is 5.00 Å². The molecule has 3 aromatic heterocycles. The van der Waals surface area contributed by atoms with Crippen LogP contribution in [-0.2, 0) is 24.2 Å². The molecule has 0 aliphatic heterocycles. The molecule has 37 heavy (non-hydrogen) atoms. The highest BCUT2D eigenvalue weighted by Crippen LogP contribution is 2.44. The highest BCUT2D eigenvalue weighted by Gasteiger charge is 2.32. The van der Waals surface area contributed by atoms with Gasteiger partial charge in [0.25, 0.3) is 0 Å². The van der Waals surface area contributed by atoms with Crippen LogP contribution in [0.15, 0.2) is 52.6 Å². The Morgan fingerprint density at radius 2 is 2.19 bits per heavy atom. The number of nitrogens with one attached hydrogen (secondary N) is 1. The Morgan fingerprint density at radius 1 is 1.38 bits per heavy atom. The molecular weight excluding hydrogens is 502 g/mol. The van der Waals surface area contributed by atoms with E-state index in [4.69, 9.17) is 4.42 Å². The molecule has 0 radical (unpaired) electrons. The van der Waals surface area contributed by atoms with Gasteiger partial charge in [-0.25, -0.2) is 0 Å². The van der Waals surface area contributed by atoms with Crippen LogP contribution in [0.5, 0.6) is 0 Å². The van der Waals surface area contributed by atoms with Crippen LogP contribution in [-0.4, -0.2) is 26.4 Å². The number of amides is 1. The zero-order valence-corrected chi connectivity index (χ0v) is 22.8. The number of rotatable bonds is 7. The molecule has 1 aliphatic rings. The molecule has 1 aromatic carbocycles. The Balaban J connectivity index is 1.31. The molecule has 1 N–H and O–H groups in total. The van der Waals surface area contributed by atoms with Gasteiger partial charge in [-0.3, -0.25) is 9.36 Å². The summed E-state index contributed by atoms with van der Waals surface area (Å²) in [4.78, 5) is 14.2. The Bertz CT molecular complexity index is 1480. The smallest absolute Gasteiger partial charge is 0.235 e. The van der Waals surface area contributed by atoms with Gasteiger partial charge < -0.3 is 9.73 Å². The number of hydrogen-bond acceptors (Lipinski definition) is 7. The average Bonchev–Trinajstić information content (AvgIpc) is 3.56. The zero-order valence-electron chi connectivity index (χ0n) is 21.2. The topological polar surface area (TPSA) is 96.7 Å². The van der Waals surface area contributed by atoms with Gasteiger partial charge in [-0.2, -0.15) is 5.26 Å². The minimum absolute atomic E-state index is 0.146. The molecule has 0 spiro atoms. The van der Waals surface area contributed by atoms with Crippen LogP contribution in [0.1, 0.15) is 43.2 Å². The van der Waals surface area contributed by atoms with Gasteiger partial charge in [-0.05, 0) is 48.3 Å². The molecule has 0 bridgehead atoms. The highest BCUT2D eigenvalue weighted by atomic mass is 32.2. The summed E-state index contributed by atoms with van der Waals surface area (Å²) < 4.78 is 7.87. The number of carbonyl (C=O) groups excluding carboxylic acids is 1. The highest BCUT2D eigenvalue weighted by molar-refractivity contribution is 7.99. The van der Waals surface area contributed by atoms with Crippen LogP contribution in [0, 0.1) is 22.7 Å². The summed E-state index contributed by atoms with van der Waals surface area (Å²) in [6, 6.07) is 12.1. The van der Waals surface area contributed by atoms with Crippen molar-refractivity contribution in [2.75, 3.05) is 11.1 Å². The fraction of sp³-hybridized carbons (Fsp3) is 0.357. The number of thiophene rings is 1. The van der Waals surface area contributed by atoms with E-state index in [1.54, 1.807) is 17.4 Å². The average molecular weight is 532 g/mol. The number of nitrogens with zero attached hydrogens (tertiary/aromatic N) is 4. The van der Waals surface area contributed by atoms with E-state index >= 15 is 0 Å². The quantitative estimate of drug-likeness (QED) is 0.211. The van der Waals surface area contributed by atoms with Gasteiger partial charge in [0.15, 0.2) is 10.9 Å². The summed E-state index contributed by atoms with van der Waals surface area (Å²) in [6.45, 7) is 11.1. The van der Waals surface area contributed by atoms with Crippen molar-refractivity contribution in [2.24, 2.45) is 11.3 Å². The van der Waals surface area contributed by atoms with E-state index in [0.717, 1.165) is 35.8 Å². The molecule has 0 unspecified atom stereocenters. The number of fused-ring (bicyclic) bond motifs is 2. The lowest BCUT2D eigenvalue weighted by Gasteiger charge is -2.33. The maximum atomic E-state index is 12.9. The van der Waals surface area contributed by atoms with Crippen molar-refractivity contribution in [1.29, 1.82) is 5.26 Å². The SMILES string of the molecule is C=CCn1c(SCC(=O)Nc2sc3c(c2C#N)CC[C@H](C(C)(C)C)C3)nnc1-c1cc2ccccc2o1. The van der Waals surface area contributed by atoms with E-state index < -0.39 is 0 Å². The van der Waals surface area contributed by atoms with Gasteiger partial charge in [-0.15, -0.1) is 28.1 Å². The first-order valence-corrected chi connectivity index (χ1v) is 14.1. The number of furan rings is 1. The van der Waals surface area contributed by atoms with E-state index in [2.05, 4.69) is 48.9 Å². The first-order valence-electron chi connectivity index (χ1n) is 12.3. The lowest BCUT2D eigenvalue weighted by atomic mass is 9.72. The molecular formula is C28H29N5O2S2. The molecule has 1 atom stereocenters. The Hall–Kier alpha value is -3.35. The first kappa shape index (κ1) is 25.3.